The lowest BCUT2D eigenvalue weighted by Crippen LogP contribution is -2.31. The van der Waals surface area contributed by atoms with Crippen LogP contribution in [0.15, 0.2) is 29.3 Å². The van der Waals surface area contributed by atoms with Crippen LogP contribution < -0.4 is 5.73 Å². The molecule has 1 heterocycles. The predicted octanol–water partition coefficient (Wildman–Crippen LogP) is 2.99. The molecule has 108 valence electrons. The van der Waals surface area contributed by atoms with Gasteiger partial charge in [0.2, 0.25) is 0 Å². The number of nitrogens with two attached hydrogens (primary N) is 1. The number of aliphatic imine (C=N–C) groups is 1. The molecule has 1 aliphatic heterocycles. The fourth-order valence-electron chi connectivity index (χ4n) is 2.24. The Bertz CT molecular complexity index is 355. The summed E-state index contributed by atoms with van der Waals surface area (Å²) in [5.74, 6) is 0. The van der Waals surface area contributed by atoms with Crippen LogP contribution in [-0.2, 0) is 0 Å². The van der Waals surface area contributed by atoms with Crippen molar-refractivity contribution in [3.8, 4) is 0 Å². The van der Waals surface area contributed by atoms with Gasteiger partial charge in [0.05, 0.1) is 0 Å². The van der Waals surface area contributed by atoms with Gasteiger partial charge in [-0.2, -0.15) is 0 Å². The van der Waals surface area contributed by atoms with Gasteiger partial charge in [-0.1, -0.05) is 32.1 Å². The van der Waals surface area contributed by atoms with E-state index in [2.05, 4.69) is 62.1 Å². The molecule has 1 aliphatic rings. The Morgan fingerprint density at radius 3 is 2.79 bits per heavy atom. The second-order valence-electron chi connectivity index (χ2n) is 5.91. The average molecular weight is 263 g/mol. The lowest BCUT2D eigenvalue weighted by atomic mass is 9.77. The fourth-order valence-corrected chi connectivity index (χ4v) is 2.24. The molecule has 2 unspecified atom stereocenters. The molecule has 0 spiro atoms. The summed E-state index contributed by atoms with van der Waals surface area (Å²) in [6.45, 7) is 5.54. The van der Waals surface area contributed by atoms with Crippen LogP contribution in [0.2, 0.25) is 0 Å². The highest BCUT2D eigenvalue weighted by Gasteiger charge is 2.27. The maximum Gasteiger partial charge on any atom is 0.101 e. The maximum absolute atomic E-state index is 5.93. The van der Waals surface area contributed by atoms with E-state index in [1.807, 2.05) is 0 Å². The first-order valence-corrected chi connectivity index (χ1v) is 7.28. The Kier molecular flexibility index (Phi) is 6.46. The van der Waals surface area contributed by atoms with E-state index in [1.165, 1.54) is 5.71 Å². The molecule has 0 aromatic heterocycles. The molecule has 2 N–H and O–H groups in total. The molecule has 19 heavy (non-hydrogen) atoms. The quantitative estimate of drug-likeness (QED) is 0.717. The predicted molar refractivity (Wildman–Crippen MR) is 84.5 cm³/mol. The fraction of sp³-hybridized carbons (Fsp3) is 0.688. The number of hydrogen-bond acceptors (Lipinski definition) is 3. The van der Waals surface area contributed by atoms with Crippen LogP contribution in [0, 0.1) is 5.41 Å². The van der Waals surface area contributed by atoms with Gasteiger partial charge < -0.3 is 10.6 Å². The van der Waals surface area contributed by atoms with E-state index in [-0.39, 0.29) is 11.6 Å². The smallest absolute Gasteiger partial charge is 0.101 e. The first kappa shape index (κ1) is 16.1. The molecule has 0 aliphatic carbocycles. The largest absolute Gasteiger partial charge is 0.309 e. The first-order valence-electron chi connectivity index (χ1n) is 7.28. The van der Waals surface area contributed by atoms with E-state index in [4.69, 9.17) is 5.73 Å². The third kappa shape index (κ3) is 5.29. The molecule has 0 aromatic rings. The highest BCUT2D eigenvalue weighted by Crippen LogP contribution is 2.31. The summed E-state index contributed by atoms with van der Waals surface area (Å²) in [6, 6.07) is 0. The van der Waals surface area contributed by atoms with E-state index in [1.54, 1.807) is 0 Å². The van der Waals surface area contributed by atoms with E-state index in [0.717, 1.165) is 32.2 Å². The number of rotatable bonds is 7. The van der Waals surface area contributed by atoms with Crippen LogP contribution in [-0.4, -0.2) is 37.4 Å². The number of allylic oxidation sites excluding steroid dienone is 2. The average Bonchev–Trinajstić information content (AvgIpc) is 2.37. The van der Waals surface area contributed by atoms with Gasteiger partial charge in [0, 0.05) is 24.1 Å². The monoisotopic (exact) mass is 263 g/mol. The Morgan fingerprint density at radius 2 is 2.21 bits per heavy atom. The number of dihydropyridines is 1. The minimum atomic E-state index is -0.0461. The van der Waals surface area contributed by atoms with Crippen LogP contribution in [0.4, 0.5) is 0 Å². The van der Waals surface area contributed by atoms with Gasteiger partial charge in [0.25, 0.3) is 0 Å². The topological polar surface area (TPSA) is 41.6 Å². The number of likely N-dealkylation sites (N-methyl/N-ethyl adjacent to an activating group) is 1. The highest BCUT2D eigenvalue weighted by molar-refractivity contribution is 6.00. The second-order valence-corrected chi connectivity index (χ2v) is 5.91. The minimum absolute atomic E-state index is 0.0461. The molecular formula is C16H29N3. The van der Waals surface area contributed by atoms with E-state index in [0.29, 0.717) is 0 Å². The summed E-state index contributed by atoms with van der Waals surface area (Å²) in [7, 11) is 4.17. The molecule has 0 saturated heterocycles. The van der Waals surface area contributed by atoms with Gasteiger partial charge in [0.15, 0.2) is 0 Å². The lowest BCUT2D eigenvalue weighted by molar-refractivity contribution is 0.412. The highest BCUT2D eigenvalue weighted by atomic mass is 15.0. The van der Waals surface area contributed by atoms with Crippen LogP contribution in [0.25, 0.3) is 0 Å². The Balaban J connectivity index is 2.56. The molecule has 0 aromatic carbocycles. The molecule has 2 atom stereocenters. The zero-order valence-electron chi connectivity index (χ0n) is 12.9. The van der Waals surface area contributed by atoms with Crippen LogP contribution in [0.1, 0.15) is 39.5 Å². The Labute approximate surface area is 118 Å². The third-order valence-corrected chi connectivity index (χ3v) is 3.86. The van der Waals surface area contributed by atoms with Crippen molar-refractivity contribution in [2.24, 2.45) is 16.1 Å². The van der Waals surface area contributed by atoms with Gasteiger partial charge in [-0.3, -0.25) is 4.99 Å². The molecule has 1 rings (SSSR count). The molecule has 3 nitrogen and oxygen atoms in total. The third-order valence-electron chi connectivity index (χ3n) is 3.86. The molecule has 0 bridgehead atoms. The van der Waals surface area contributed by atoms with E-state index in [9.17, 15) is 0 Å². The van der Waals surface area contributed by atoms with Gasteiger partial charge in [0.1, 0.15) is 6.17 Å². The summed E-state index contributed by atoms with van der Waals surface area (Å²) in [4.78, 5) is 6.80. The minimum Gasteiger partial charge on any atom is -0.309 e. The summed E-state index contributed by atoms with van der Waals surface area (Å²) in [6.07, 6.45) is 13.0. The van der Waals surface area contributed by atoms with Crippen LogP contribution >= 0.6 is 0 Å². The first-order chi connectivity index (χ1) is 8.98. The van der Waals surface area contributed by atoms with Crippen molar-refractivity contribution in [1.29, 1.82) is 0 Å². The van der Waals surface area contributed by atoms with Crippen molar-refractivity contribution in [1.82, 2.24) is 4.90 Å². The van der Waals surface area contributed by atoms with Gasteiger partial charge >= 0.3 is 0 Å². The maximum atomic E-state index is 5.93. The van der Waals surface area contributed by atoms with Crippen LogP contribution in [0.3, 0.4) is 0 Å². The van der Waals surface area contributed by atoms with Crippen molar-refractivity contribution in [3.05, 3.63) is 24.3 Å². The van der Waals surface area contributed by atoms with Crippen molar-refractivity contribution in [2.45, 2.75) is 45.7 Å². The second kappa shape index (κ2) is 7.61. The summed E-state index contributed by atoms with van der Waals surface area (Å²) in [5.41, 5.74) is 7.25. The van der Waals surface area contributed by atoms with Crippen molar-refractivity contribution in [3.63, 3.8) is 0 Å². The van der Waals surface area contributed by atoms with Crippen molar-refractivity contribution >= 4 is 5.71 Å². The molecule has 0 radical (unpaired) electrons. The van der Waals surface area contributed by atoms with Crippen LogP contribution in [0.5, 0.6) is 0 Å². The SMILES string of the molecule is CCC(C)(CC/C=C\CN(C)C)C1=NC(N)CC=C1. The lowest BCUT2D eigenvalue weighted by Gasteiger charge is -2.30. The molecule has 0 amide bonds. The number of nitrogens with zero attached hydrogens (tertiary/aromatic N) is 2. The van der Waals surface area contributed by atoms with Crippen molar-refractivity contribution in [2.75, 3.05) is 20.6 Å². The van der Waals surface area contributed by atoms with E-state index < -0.39 is 0 Å². The summed E-state index contributed by atoms with van der Waals surface area (Å²) < 4.78 is 0. The molecule has 3 heteroatoms. The Hall–Kier alpha value is -0.930. The standard InChI is InChI=1S/C16H29N3/c1-5-16(2,12-7-6-8-13-19(3)4)14-10-9-11-15(17)18-14/h6,8-10,15H,5,7,11-13,17H2,1-4H3/b8-6-. The van der Waals surface area contributed by atoms with Crippen molar-refractivity contribution < 1.29 is 0 Å². The number of hydrogen-bond donors (Lipinski definition) is 1. The molecule has 0 fully saturated rings. The summed E-state index contributed by atoms with van der Waals surface area (Å²) in [5, 5.41) is 0. The normalized spacial score (nSPS) is 22.8. The zero-order chi connectivity index (χ0) is 14.3. The summed E-state index contributed by atoms with van der Waals surface area (Å²) >= 11 is 0. The van der Waals surface area contributed by atoms with Gasteiger partial charge in [-0.05, 0) is 39.4 Å². The molecule has 0 saturated carbocycles. The molecular weight excluding hydrogens is 234 g/mol. The Morgan fingerprint density at radius 1 is 1.47 bits per heavy atom. The van der Waals surface area contributed by atoms with E-state index >= 15 is 0 Å². The van der Waals surface area contributed by atoms with Gasteiger partial charge in [-0.25, -0.2) is 0 Å². The van der Waals surface area contributed by atoms with Gasteiger partial charge in [-0.15, -0.1) is 0 Å². The zero-order valence-corrected chi connectivity index (χ0v) is 12.9.